The monoisotopic (exact) mass is 264 g/mol. The van der Waals surface area contributed by atoms with Crippen LogP contribution in [-0.2, 0) is 6.61 Å². The molecule has 0 bridgehead atoms. The van der Waals surface area contributed by atoms with E-state index in [0.29, 0.717) is 10.7 Å². The van der Waals surface area contributed by atoms with Gasteiger partial charge in [0.2, 0.25) is 0 Å². The van der Waals surface area contributed by atoms with E-state index in [1.54, 1.807) is 36.5 Å². The van der Waals surface area contributed by atoms with E-state index in [0.717, 1.165) is 0 Å². The van der Waals surface area contributed by atoms with Gasteiger partial charge in [-0.1, -0.05) is 23.7 Å². The lowest BCUT2D eigenvalue weighted by atomic mass is 10.3. The van der Waals surface area contributed by atoms with Crippen LogP contribution in [0.2, 0.25) is 5.02 Å². The normalized spacial score (nSPS) is 10.1. The van der Waals surface area contributed by atoms with Gasteiger partial charge in [-0.3, -0.25) is 15.1 Å². The number of pyridine rings is 1. The van der Waals surface area contributed by atoms with Gasteiger partial charge in [0, 0.05) is 17.3 Å². The molecule has 0 radical (unpaired) electrons. The molecule has 0 saturated carbocycles. The maximum absolute atomic E-state index is 10.8. The highest BCUT2D eigenvalue weighted by Crippen LogP contribution is 2.26. The molecule has 1 aromatic heterocycles. The quantitative estimate of drug-likeness (QED) is 0.628. The standard InChI is InChI=1S/C12H9ClN2O3/c13-9-5-6-14-10(7-9)8-18-12-4-2-1-3-11(12)15(16)17/h1-7H,8H2. The van der Waals surface area contributed by atoms with Gasteiger partial charge in [-0.15, -0.1) is 0 Å². The summed E-state index contributed by atoms with van der Waals surface area (Å²) in [5.41, 5.74) is 0.542. The fourth-order valence-corrected chi connectivity index (χ4v) is 1.59. The molecule has 0 N–H and O–H groups in total. The smallest absolute Gasteiger partial charge is 0.310 e. The molecule has 1 heterocycles. The van der Waals surface area contributed by atoms with E-state index in [4.69, 9.17) is 16.3 Å². The molecule has 0 spiro atoms. The minimum Gasteiger partial charge on any atom is -0.480 e. The third kappa shape index (κ3) is 2.95. The van der Waals surface area contributed by atoms with Gasteiger partial charge in [0.1, 0.15) is 6.61 Å². The number of para-hydroxylation sites is 2. The number of nitro groups is 1. The molecule has 0 unspecified atom stereocenters. The highest BCUT2D eigenvalue weighted by atomic mass is 35.5. The molecular formula is C12H9ClN2O3. The summed E-state index contributed by atoms with van der Waals surface area (Å²) in [5, 5.41) is 11.3. The molecule has 0 saturated heterocycles. The first-order valence-corrected chi connectivity index (χ1v) is 5.51. The van der Waals surface area contributed by atoms with Crippen LogP contribution in [0.4, 0.5) is 5.69 Å². The van der Waals surface area contributed by atoms with Gasteiger partial charge in [0.15, 0.2) is 5.75 Å². The van der Waals surface area contributed by atoms with Crippen molar-refractivity contribution in [3.63, 3.8) is 0 Å². The number of halogens is 1. The third-order valence-electron chi connectivity index (χ3n) is 2.22. The van der Waals surface area contributed by atoms with Gasteiger partial charge in [-0.25, -0.2) is 0 Å². The molecule has 2 rings (SSSR count). The number of ether oxygens (including phenoxy) is 1. The van der Waals surface area contributed by atoms with Crippen molar-refractivity contribution in [2.45, 2.75) is 6.61 Å². The minimum absolute atomic E-state index is 0.0699. The van der Waals surface area contributed by atoms with Crippen molar-refractivity contribution in [3.8, 4) is 5.75 Å². The lowest BCUT2D eigenvalue weighted by Crippen LogP contribution is -2.00. The van der Waals surface area contributed by atoms with Crippen LogP contribution in [0.25, 0.3) is 0 Å². The van der Waals surface area contributed by atoms with Crippen molar-refractivity contribution in [1.82, 2.24) is 4.98 Å². The molecule has 0 fully saturated rings. The molecule has 0 aliphatic heterocycles. The topological polar surface area (TPSA) is 65.3 Å². The SMILES string of the molecule is O=[N+]([O-])c1ccccc1OCc1cc(Cl)ccn1. The van der Waals surface area contributed by atoms with E-state index < -0.39 is 4.92 Å². The number of nitrogens with zero attached hydrogens (tertiary/aromatic N) is 2. The number of nitro benzene ring substituents is 1. The number of hydrogen-bond donors (Lipinski definition) is 0. The van der Waals surface area contributed by atoms with Crippen molar-refractivity contribution in [1.29, 1.82) is 0 Å². The van der Waals surface area contributed by atoms with Crippen LogP contribution in [0.5, 0.6) is 5.75 Å². The third-order valence-corrected chi connectivity index (χ3v) is 2.45. The lowest BCUT2D eigenvalue weighted by Gasteiger charge is -2.06. The van der Waals surface area contributed by atoms with Gasteiger partial charge in [-0.05, 0) is 18.2 Å². The zero-order valence-corrected chi connectivity index (χ0v) is 10.0. The molecule has 5 nitrogen and oxygen atoms in total. The van der Waals surface area contributed by atoms with Gasteiger partial charge in [-0.2, -0.15) is 0 Å². The molecule has 6 heteroatoms. The summed E-state index contributed by atoms with van der Waals surface area (Å²) in [5.74, 6) is 0.212. The Hall–Kier alpha value is -2.14. The Kier molecular flexibility index (Phi) is 3.74. The van der Waals surface area contributed by atoms with E-state index >= 15 is 0 Å². The minimum atomic E-state index is -0.485. The molecule has 1 aromatic carbocycles. The molecule has 0 amide bonds. The van der Waals surface area contributed by atoms with Gasteiger partial charge in [0.25, 0.3) is 0 Å². The summed E-state index contributed by atoms with van der Waals surface area (Å²) < 4.78 is 5.38. The summed E-state index contributed by atoms with van der Waals surface area (Å²) in [4.78, 5) is 14.3. The first-order valence-electron chi connectivity index (χ1n) is 5.13. The predicted molar refractivity (Wildman–Crippen MR) is 66.7 cm³/mol. The van der Waals surface area contributed by atoms with Gasteiger partial charge < -0.3 is 4.74 Å². The Balaban J connectivity index is 2.13. The molecule has 0 aliphatic rings. The Bertz CT molecular complexity index is 575. The van der Waals surface area contributed by atoms with E-state index in [9.17, 15) is 10.1 Å². The van der Waals surface area contributed by atoms with Crippen molar-refractivity contribution < 1.29 is 9.66 Å². The lowest BCUT2D eigenvalue weighted by molar-refractivity contribution is -0.385. The Morgan fingerprint density at radius 1 is 1.33 bits per heavy atom. The van der Waals surface area contributed by atoms with Crippen molar-refractivity contribution in [3.05, 3.63) is 63.4 Å². The summed E-state index contributed by atoms with van der Waals surface area (Å²) >= 11 is 5.80. The van der Waals surface area contributed by atoms with Crippen LogP contribution in [0.1, 0.15) is 5.69 Å². The predicted octanol–water partition coefficient (Wildman–Crippen LogP) is 3.22. The van der Waals surface area contributed by atoms with E-state index in [1.807, 2.05) is 0 Å². The second kappa shape index (κ2) is 5.46. The fourth-order valence-electron chi connectivity index (χ4n) is 1.41. The number of aromatic nitrogens is 1. The number of hydrogen-bond acceptors (Lipinski definition) is 4. The second-order valence-electron chi connectivity index (χ2n) is 3.48. The Morgan fingerprint density at radius 3 is 2.83 bits per heavy atom. The Labute approximate surface area is 108 Å². The van der Waals surface area contributed by atoms with Gasteiger partial charge in [0.05, 0.1) is 10.6 Å². The average molecular weight is 265 g/mol. The summed E-state index contributed by atoms with van der Waals surface area (Å²) in [6, 6.07) is 9.49. The van der Waals surface area contributed by atoms with Crippen LogP contribution in [0.3, 0.4) is 0 Å². The first-order chi connectivity index (χ1) is 8.66. The van der Waals surface area contributed by atoms with Crippen molar-refractivity contribution in [2.24, 2.45) is 0 Å². The maximum Gasteiger partial charge on any atom is 0.310 e. The number of rotatable bonds is 4. The van der Waals surface area contributed by atoms with E-state index in [2.05, 4.69) is 4.98 Å². The zero-order valence-electron chi connectivity index (χ0n) is 9.25. The van der Waals surface area contributed by atoms with Crippen LogP contribution in [0, 0.1) is 10.1 Å². The summed E-state index contributed by atoms with van der Waals surface area (Å²) in [6.45, 7) is 0.130. The van der Waals surface area contributed by atoms with Gasteiger partial charge >= 0.3 is 5.69 Å². The number of benzene rings is 1. The second-order valence-corrected chi connectivity index (χ2v) is 3.92. The average Bonchev–Trinajstić information content (AvgIpc) is 2.37. The van der Waals surface area contributed by atoms with Crippen molar-refractivity contribution in [2.75, 3.05) is 0 Å². The van der Waals surface area contributed by atoms with E-state index in [-0.39, 0.29) is 18.0 Å². The summed E-state index contributed by atoms with van der Waals surface area (Å²) in [6.07, 6.45) is 1.56. The molecule has 0 aliphatic carbocycles. The summed E-state index contributed by atoms with van der Waals surface area (Å²) in [7, 11) is 0. The zero-order chi connectivity index (χ0) is 13.0. The first kappa shape index (κ1) is 12.3. The molecule has 0 atom stereocenters. The van der Waals surface area contributed by atoms with Crippen molar-refractivity contribution >= 4 is 17.3 Å². The maximum atomic E-state index is 10.8. The van der Waals surface area contributed by atoms with Crippen LogP contribution in [-0.4, -0.2) is 9.91 Å². The molecule has 2 aromatic rings. The van der Waals surface area contributed by atoms with Crippen LogP contribution >= 0.6 is 11.6 Å². The highest BCUT2D eigenvalue weighted by molar-refractivity contribution is 6.30. The van der Waals surface area contributed by atoms with E-state index in [1.165, 1.54) is 6.07 Å². The fraction of sp³-hybridized carbons (Fsp3) is 0.0833. The largest absolute Gasteiger partial charge is 0.480 e. The highest BCUT2D eigenvalue weighted by Gasteiger charge is 2.13. The molecular weight excluding hydrogens is 256 g/mol. The van der Waals surface area contributed by atoms with Crippen LogP contribution < -0.4 is 4.74 Å². The molecule has 92 valence electrons. The Morgan fingerprint density at radius 2 is 2.11 bits per heavy atom. The molecule has 18 heavy (non-hydrogen) atoms. The van der Waals surface area contributed by atoms with Crippen LogP contribution in [0.15, 0.2) is 42.6 Å².